The molecule has 1 fully saturated rings. The highest BCUT2D eigenvalue weighted by atomic mass is 35.6. The number of halogens is 3. The van der Waals surface area contributed by atoms with Crippen LogP contribution in [0.15, 0.2) is 182 Å². The minimum absolute atomic E-state index is 0.0602. The number of rotatable bonds is 21. The van der Waals surface area contributed by atoms with Gasteiger partial charge in [0.1, 0.15) is 32.5 Å². The maximum absolute atomic E-state index is 14.6. The molecule has 17 nitrogen and oxygen atoms in total. The molecule has 20 heteroatoms. The molecule has 0 aliphatic carbocycles. The number of hydrogen-bond acceptors (Lipinski definition) is 17. The van der Waals surface area contributed by atoms with Crippen molar-refractivity contribution in [1.29, 1.82) is 5.41 Å². The van der Waals surface area contributed by atoms with Gasteiger partial charge in [0, 0.05) is 0 Å². The Morgan fingerprint density at radius 1 is 0.507 bits per heavy atom. The lowest BCUT2D eigenvalue weighted by atomic mass is 9.97. The minimum Gasteiger partial charge on any atom is -0.459 e. The second-order valence-electron chi connectivity index (χ2n) is 16.1. The van der Waals surface area contributed by atoms with Crippen LogP contribution in [-0.2, 0) is 81.6 Å². The van der Waals surface area contributed by atoms with Gasteiger partial charge in [-0.05, 0) is 53.1 Å². The highest BCUT2D eigenvalue weighted by Gasteiger charge is 2.58. The molecule has 0 bridgehead atoms. The average Bonchev–Trinajstić information content (AvgIpc) is 3.44. The minimum atomic E-state index is -2.61. The van der Waals surface area contributed by atoms with E-state index in [4.69, 9.17) is 87.6 Å². The van der Waals surface area contributed by atoms with Gasteiger partial charge in [0.05, 0.1) is 16.7 Å². The third kappa shape index (κ3) is 16.2. The van der Waals surface area contributed by atoms with Gasteiger partial charge < -0.3 is 47.4 Å². The molecule has 1 heterocycles. The fraction of sp³-hybridized carbons (Fsp3) is 0.218. The third-order valence-electron chi connectivity index (χ3n) is 10.8. The molecule has 6 aromatic carbocycles. The molecular weight excluding hydrogens is 1040 g/mol. The van der Waals surface area contributed by atoms with Crippen molar-refractivity contribution >= 4 is 76.5 Å². The molecule has 7 rings (SSSR count). The maximum Gasteiger partial charge on any atom is 0.353 e. The summed E-state index contributed by atoms with van der Waals surface area (Å²) in [5, 5.41) is 8.60. The first-order valence-electron chi connectivity index (χ1n) is 22.9. The fourth-order valence-electron chi connectivity index (χ4n) is 7.10. The number of ether oxygens (including phenoxy) is 10. The number of carbonyl (C=O) groups is 6. The molecule has 0 saturated carbocycles. The van der Waals surface area contributed by atoms with Gasteiger partial charge in [-0.1, -0.05) is 180 Å². The number of hydrogen-bond donors (Lipinski definition) is 1. The van der Waals surface area contributed by atoms with Crippen molar-refractivity contribution in [3.8, 4) is 0 Å². The zero-order valence-corrected chi connectivity index (χ0v) is 41.6. The molecule has 1 unspecified atom stereocenters. The number of benzene rings is 6. The zero-order chi connectivity index (χ0) is 53.2. The summed E-state index contributed by atoms with van der Waals surface area (Å²) in [5.74, 6) is -8.02. The summed E-state index contributed by atoms with van der Waals surface area (Å²) in [6.45, 7) is -2.01. The molecule has 1 aliphatic rings. The largest absolute Gasteiger partial charge is 0.459 e. The first kappa shape index (κ1) is 55.1. The first-order valence-corrected chi connectivity index (χ1v) is 24.0. The Morgan fingerprint density at radius 2 is 0.920 bits per heavy atom. The van der Waals surface area contributed by atoms with Crippen molar-refractivity contribution in [3.63, 3.8) is 0 Å². The maximum atomic E-state index is 14.6. The van der Waals surface area contributed by atoms with Crippen LogP contribution in [0.5, 0.6) is 0 Å². The molecule has 7 atom stereocenters. The molecule has 1 N–H and O–H groups in total. The number of alkyl halides is 3. The lowest BCUT2D eigenvalue weighted by molar-refractivity contribution is -0.315. The van der Waals surface area contributed by atoms with Crippen molar-refractivity contribution in [2.75, 3.05) is 6.61 Å². The Bertz CT molecular complexity index is 2850. The number of nitrogens with one attached hydrogen (secondary N) is 1. The standard InChI is InChI=1S/C55H46Cl3NO16/c56-55(57,58)54(59)75-53-45(71-48(62)39-27-15-5-16-28-39)43(42(70-47(61)38-25-13-4-14-26-38)44(74-53)50(64)67-32-36-21-9-2-10-22-36)73-52(69-34-41(60)66-31-35-19-7-1-8-20-35)46(72-49(63)40-29-17-6-18-30-40)51(65)68-33-37-23-11-3-12-24-37/h1-30,42-46,52-53,59H,31-34H2/t42-,43-,44-,45+,46-,52-,53?/m0/s1. The van der Waals surface area contributed by atoms with E-state index in [-0.39, 0.29) is 36.5 Å². The average molecular weight is 1080 g/mol. The van der Waals surface area contributed by atoms with E-state index in [2.05, 4.69) is 0 Å². The summed E-state index contributed by atoms with van der Waals surface area (Å²) < 4.78 is 56.8. The predicted molar refractivity (Wildman–Crippen MR) is 268 cm³/mol. The quantitative estimate of drug-likeness (QED) is 0.0178. The van der Waals surface area contributed by atoms with Gasteiger partial charge in [-0.3, -0.25) is 5.41 Å². The molecular formula is C55H46Cl3NO16. The van der Waals surface area contributed by atoms with Crippen LogP contribution >= 0.6 is 34.8 Å². The number of carbonyl (C=O) groups excluding carboxylic acids is 6. The molecule has 0 spiro atoms. The zero-order valence-electron chi connectivity index (χ0n) is 39.4. The van der Waals surface area contributed by atoms with Crippen LogP contribution in [0.1, 0.15) is 47.8 Å². The molecule has 75 heavy (non-hydrogen) atoms. The van der Waals surface area contributed by atoms with Crippen LogP contribution in [0, 0.1) is 5.41 Å². The molecule has 388 valence electrons. The summed E-state index contributed by atoms with van der Waals surface area (Å²) in [4.78, 5) is 85.2. The van der Waals surface area contributed by atoms with E-state index in [1.165, 1.54) is 72.8 Å². The molecule has 6 aromatic rings. The van der Waals surface area contributed by atoms with Crippen LogP contribution < -0.4 is 0 Å². The van der Waals surface area contributed by atoms with Crippen LogP contribution in [0.25, 0.3) is 0 Å². The summed E-state index contributed by atoms with van der Waals surface area (Å²) >= 11 is 18.3. The van der Waals surface area contributed by atoms with Crippen molar-refractivity contribution in [2.24, 2.45) is 0 Å². The summed E-state index contributed by atoms with van der Waals surface area (Å²) in [7, 11) is 0. The van der Waals surface area contributed by atoms with E-state index in [1.807, 2.05) is 0 Å². The Morgan fingerprint density at radius 3 is 1.39 bits per heavy atom. The molecule has 0 radical (unpaired) electrons. The lowest BCUT2D eigenvalue weighted by Crippen LogP contribution is -2.65. The molecule has 0 amide bonds. The third-order valence-corrected chi connectivity index (χ3v) is 11.3. The summed E-state index contributed by atoms with van der Waals surface area (Å²) in [6.07, 6.45) is -15.5. The smallest absolute Gasteiger partial charge is 0.353 e. The van der Waals surface area contributed by atoms with Gasteiger partial charge in [-0.15, -0.1) is 0 Å². The van der Waals surface area contributed by atoms with Crippen LogP contribution in [0.2, 0.25) is 0 Å². The SMILES string of the molecule is N=C(OC1O[C@H](C(=O)OCc2ccccc2)[C@@H](OC(=O)c2ccccc2)[C@H](O[C@H](OCC(=O)OCc2ccccc2)[C@@H](OC(=O)c2ccccc2)C(=O)OCc2ccccc2)[C@H]1OC(=O)c1ccccc1)C(Cl)(Cl)Cl. The van der Waals surface area contributed by atoms with Crippen LogP contribution in [0.4, 0.5) is 0 Å². The molecule has 1 saturated heterocycles. The number of esters is 6. The second kappa shape index (κ2) is 27.1. The van der Waals surface area contributed by atoms with Crippen LogP contribution in [0.3, 0.4) is 0 Å². The molecule has 1 aliphatic heterocycles. The van der Waals surface area contributed by atoms with Gasteiger partial charge in [0.15, 0.2) is 18.3 Å². The van der Waals surface area contributed by atoms with E-state index in [9.17, 15) is 28.8 Å². The van der Waals surface area contributed by atoms with Crippen molar-refractivity contribution in [2.45, 2.75) is 66.7 Å². The normalized spacial score (nSPS) is 17.9. The Labute approximate surface area is 444 Å². The van der Waals surface area contributed by atoms with E-state index < -0.39 is 95.2 Å². The van der Waals surface area contributed by atoms with Crippen molar-refractivity contribution in [1.82, 2.24) is 0 Å². The highest BCUT2D eigenvalue weighted by Crippen LogP contribution is 2.36. The van der Waals surface area contributed by atoms with Gasteiger partial charge >= 0.3 is 35.8 Å². The first-order chi connectivity index (χ1) is 36.2. The van der Waals surface area contributed by atoms with Gasteiger partial charge in [0.2, 0.25) is 24.6 Å². The van der Waals surface area contributed by atoms with E-state index in [1.54, 1.807) is 109 Å². The molecule has 0 aromatic heterocycles. The lowest BCUT2D eigenvalue weighted by Gasteiger charge is -2.45. The fourth-order valence-corrected chi connectivity index (χ4v) is 7.23. The monoisotopic (exact) mass is 1080 g/mol. The van der Waals surface area contributed by atoms with Crippen molar-refractivity contribution < 1.29 is 76.1 Å². The summed E-state index contributed by atoms with van der Waals surface area (Å²) in [6, 6.07) is 47.8. The second-order valence-corrected chi connectivity index (χ2v) is 18.4. The Hall–Kier alpha value is -7.64. The van der Waals surface area contributed by atoms with E-state index in [0.29, 0.717) is 16.7 Å². The van der Waals surface area contributed by atoms with Crippen molar-refractivity contribution in [3.05, 3.63) is 215 Å². The highest BCUT2D eigenvalue weighted by molar-refractivity contribution is 6.76. The summed E-state index contributed by atoms with van der Waals surface area (Å²) in [5.41, 5.74) is 1.42. The van der Waals surface area contributed by atoms with E-state index >= 15 is 0 Å². The topological polar surface area (TPSA) is 219 Å². The van der Waals surface area contributed by atoms with Gasteiger partial charge in [-0.2, -0.15) is 0 Å². The van der Waals surface area contributed by atoms with Gasteiger partial charge in [0.25, 0.3) is 3.79 Å². The van der Waals surface area contributed by atoms with Gasteiger partial charge in [-0.25, -0.2) is 28.8 Å². The predicted octanol–water partition coefficient (Wildman–Crippen LogP) is 8.71. The Balaban J connectivity index is 1.37. The van der Waals surface area contributed by atoms with Crippen LogP contribution in [-0.4, -0.2) is 95.2 Å². The van der Waals surface area contributed by atoms with E-state index in [0.717, 1.165) is 0 Å². The Kier molecular flexibility index (Phi) is 19.9.